The van der Waals surface area contributed by atoms with Crippen molar-refractivity contribution in [1.82, 2.24) is 4.31 Å². The van der Waals surface area contributed by atoms with Crippen LogP contribution in [0.3, 0.4) is 0 Å². The van der Waals surface area contributed by atoms with E-state index in [9.17, 15) is 8.42 Å². The van der Waals surface area contributed by atoms with Crippen LogP contribution >= 0.6 is 39.1 Å². The van der Waals surface area contributed by atoms with Crippen LogP contribution in [-0.4, -0.2) is 31.9 Å². The van der Waals surface area contributed by atoms with Crippen molar-refractivity contribution in [3.63, 3.8) is 0 Å². The fraction of sp³-hybridized carbons (Fsp3) is 0.455. The molecule has 0 amide bonds. The number of hydrogen-bond donors (Lipinski definition) is 1. The first-order valence-corrected chi connectivity index (χ1v) is 8.71. The Balaban J connectivity index is 2.40. The molecule has 2 rings (SSSR count). The molecule has 1 aliphatic heterocycles. The fourth-order valence-electron chi connectivity index (χ4n) is 2.02. The summed E-state index contributed by atoms with van der Waals surface area (Å²) in [4.78, 5) is -0.0329. The monoisotopic (exact) mass is 386 g/mol. The number of nitrogens with zero attached hydrogens (tertiary/aromatic N) is 1. The van der Waals surface area contributed by atoms with Gasteiger partial charge >= 0.3 is 0 Å². The van der Waals surface area contributed by atoms with Gasteiger partial charge in [0.2, 0.25) is 10.0 Å². The van der Waals surface area contributed by atoms with E-state index in [2.05, 4.69) is 15.9 Å². The van der Waals surface area contributed by atoms with Crippen molar-refractivity contribution in [2.75, 3.05) is 13.1 Å². The molecule has 0 atom stereocenters. The largest absolute Gasteiger partial charge is 0.328 e. The Bertz CT molecular complexity index is 563. The molecule has 0 unspecified atom stereocenters. The third-order valence-corrected chi connectivity index (χ3v) is 6.34. The Morgan fingerprint density at radius 1 is 1.21 bits per heavy atom. The lowest BCUT2D eigenvalue weighted by molar-refractivity contribution is 0.320. The predicted octanol–water partition coefficient (Wildman–Crippen LogP) is 2.87. The number of halogens is 3. The predicted molar refractivity (Wildman–Crippen MR) is 80.1 cm³/mol. The molecule has 1 fully saturated rings. The Hall–Kier alpha value is 0.150. The molecule has 1 heterocycles. The highest BCUT2D eigenvalue weighted by molar-refractivity contribution is 9.10. The molecule has 0 aromatic heterocycles. The van der Waals surface area contributed by atoms with Crippen LogP contribution in [0.5, 0.6) is 0 Å². The van der Waals surface area contributed by atoms with Gasteiger partial charge in [-0.2, -0.15) is 4.31 Å². The summed E-state index contributed by atoms with van der Waals surface area (Å²) in [6.07, 6.45) is 1.29. The van der Waals surface area contributed by atoms with Gasteiger partial charge in [0, 0.05) is 23.6 Å². The minimum atomic E-state index is -3.67. The zero-order valence-corrected chi connectivity index (χ0v) is 13.9. The first kappa shape index (κ1) is 15.5. The molecule has 0 saturated carbocycles. The van der Waals surface area contributed by atoms with Crippen molar-refractivity contribution in [2.24, 2.45) is 5.73 Å². The van der Waals surface area contributed by atoms with Gasteiger partial charge < -0.3 is 5.73 Å². The molecule has 0 radical (unpaired) electrons. The van der Waals surface area contributed by atoms with Gasteiger partial charge in [-0.3, -0.25) is 0 Å². The number of sulfonamides is 1. The van der Waals surface area contributed by atoms with Gasteiger partial charge in [0.1, 0.15) is 4.90 Å². The Labute approximate surface area is 131 Å². The van der Waals surface area contributed by atoms with E-state index in [1.54, 1.807) is 0 Å². The van der Waals surface area contributed by atoms with Crippen LogP contribution in [0.1, 0.15) is 12.8 Å². The van der Waals surface area contributed by atoms with Gasteiger partial charge in [0.15, 0.2) is 0 Å². The van der Waals surface area contributed by atoms with Crippen molar-refractivity contribution in [3.05, 3.63) is 26.7 Å². The summed E-state index contributed by atoms with van der Waals surface area (Å²) in [5.41, 5.74) is 5.78. The Morgan fingerprint density at radius 3 is 2.16 bits per heavy atom. The molecule has 1 aromatic carbocycles. The second-order valence-electron chi connectivity index (χ2n) is 4.44. The molecular formula is C11H13BrCl2N2O2S. The molecule has 8 heteroatoms. The first-order valence-electron chi connectivity index (χ1n) is 5.72. The topological polar surface area (TPSA) is 63.4 Å². The Kier molecular flexibility index (Phi) is 4.80. The molecule has 19 heavy (non-hydrogen) atoms. The normalized spacial score (nSPS) is 18.7. The van der Waals surface area contributed by atoms with Crippen LogP contribution in [0, 0.1) is 0 Å². The van der Waals surface area contributed by atoms with E-state index >= 15 is 0 Å². The second-order valence-corrected chi connectivity index (χ2v) is 8.04. The Morgan fingerprint density at radius 2 is 1.68 bits per heavy atom. The molecule has 4 nitrogen and oxygen atoms in total. The maximum absolute atomic E-state index is 12.5. The molecule has 106 valence electrons. The second kappa shape index (κ2) is 5.87. The maximum Gasteiger partial charge on any atom is 0.246 e. The van der Waals surface area contributed by atoms with Gasteiger partial charge in [-0.25, -0.2) is 8.42 Å². The standard InChI is InChI=1S/C11H13BrCl2N2O2S/c12-7-5-9(13)11(10(14)6-7)19(17,18)16-3-1-8(15)2-4-16/h5-6,8H,1-4,15H2. The zero-order chi connectivity index (χ0) is 14.2. The lowest BCUT2D eigenvalue weighted by atomic mass is 10.1. The van der Waals surface area contributed by atoms with Crippen molar-refractivity contribution in [3.8, 4) is 0 Å². The molecule has 0 aliphatic carbocycles. The molecule has 1 aromatic rings. The van der Waals surface area contributed by atoms with Gasteiger partial charge in [0.25, 0.3) is 0 Å². The lowest BCUT2D eigenvalue weighted by Crippen LogP contribution is -2.42. The van der Waals surface area contributed by atoms with Crippen LogP contribution in [0.25, 0.3) is 0 Å². The highest BCUT2D eigenvalue weighted by Crippen LogP contribution is 2.35. The summed E-state index contributed by atoms with van der Waals surface area (Å²) in [7, 11) is -3.67. The summed E-state index contributed by atoms with van der Waals surface area (Å²) in [5, 5.41) is 0.239. The summed E-state index contributed by atoms with van der Waals surface area (Å²) >= 11 is 15.3. The molecule has 0 bridgehead atoms. The highest BCUT2D eigenvalue weighted by Gasteiger charge is 2.31. The molecule has 2 N–H and O–H groups in total. The van der Waals surface area contributed by atoms with E-state index in [4.69, 9.17) is 28.9 Å². The van der Waals surface area contributed by atoms with E-state index in [-0.39, 0.29) is 21.0 Å². The summed E-state index contributed by atoms with van der Waals surface area (Å²) in [5.74, 6) is 0. The number of rotatable bonds is 2. The number of benzene rings is 1. The van der Waals surface area contributed by atoms with Gasteiger partial charge in [0.05, 0.1) is 10.0 Å². The van der Waals surface area contributed by atoms with E-state index in [0.29, 0.717) is 30.4 Å². The van der Waals surface area contributed by atoms with Crippen LogP contribution in [0.15, 0.2) is 21.5 Å². The lowest BCUT2D eigenvalue weighted by Gasteiger charge is -2.29. The SMILES string of the molecule is NC1CCN(S(=O)(=O)c2c(Cl)cc(Br)cc2Cl)CC1. The van der Waals surface area contributed by atoms with E-state index in [0.717, 1.165) is 0 Å². The fourth-order valence-corrected chi connectivity index (χ4v) is 5.37. The van der Waals surface area contributed by atoms with Crippen molar-refractivity contribution in [1.29, 1.82) is 0 Å². The third kappa shape index (κ3) is 3.25. The average molecular weight is 388 g/mol. The summed E-state index contributed by atoms with van der Waals surface area (Å²) in [6.45, 7) is 0.790. The van der Waals surface area contributed by atoms with Crippen LogP contribution in [-0.2, 0) is 10.0 Å². The maximum atomic E-state index is 12.5. The average Bonchev–Trinajstić information content (AvgIpc) is 2.27. The van der Waals surface area contributed by atoms with Crippen LogP contribution in [0.4, 0.5) is 0 Å². The highest BCUT2D eigenvalue weighted by atomic mass is 79.9. The molecular weight excluding hydrogens is 375 g/mol. The van der Waals surface area contributed by atoms with Gasteiger partial charge in [-0.15, -0.1) is 0 Å². The van der Waals surface area contributed by atoms with E-state index in [1.807, 2.05) is 0 Å². The van der Waals surface area contributed by atoms with E-state index < -0.39 is 10.0 Å². The number of piperidine rings is 1. The smallest absolute Gasteiger partial charge is 0.246 e. The first-order chi connectivity index (χ1) is 8.82. The van der Waals surface area contributed by atoms with Crippen molar-refractivity contribution < 1.29 is 8.42 Å². The molecule has 0 spiro atoms. The van der Waals surface area contributed by atoms with Gasteiger partial charge in [-0.1, -0.05) is 39.1 Å². The summed E-state index contributed by atoms with van der Waals surface area (Å²) < 4.78 is 27.1. The molecule has 1 saturated heterocycles. The minimum Gasteiger partial charge on any atom is -0.328 e. The van der Waals surface area contributed by atoms with Crippen molar-refractivity contribution in [2.45, 2.75) is 23.8 Å². The quantitative estimate of drug-likeness (QED) is 0.848. The van der Waals surface area contributed by atoms with Crippen LogP contribution in [0.2, 0.25) is 10.0 Å². The van der Waals surface area contributed by atoms with E-state index in [1.165, 1.54) is 16.4 Å². The zero-order valence-electron chi connectivity index (χ0n) is 9.94. The molecule has 1 aliphatic rings. The number of nitrogens with two attached hydrogens (primary N) is 1. The minimum absolute atomic E-state index is 0.0329. The van der Waals surface area contributed by atoms with Crippen molar-refractivity contribution >= 4 is 49.2 Å². The third-order valence-electron chi connectivity index (χ3n) is 3.06. The van der Waals surface area contributed by atoms with Gasteiger partial charge in [-0.05, 0) is 25.0 Å². The van der Waals surface area contributed by atoms with Crippen LogP contribution < -0.4 is 5.73 Å². The number of hydrogen-bond acceptors (Lipinski definition) is 3. The summed E-state index contributed by atoms with van der Waals surface area (Å²) in [6, 6.07) is 3.11.